The van der Waals surface area contributed by atoms with Crippen molar-refractivity contribution in [3.63, 3.8) is 0 Å². The molecule has 0 fully saturated rings. The Morgan fingerprint density at radius 1 is 1.35 bits per heavy atom. The molecule has 20 heavy (non-hydrogen) atoms. The van der Waals surface area contributed by atoms with E-state index >= 15 is 0 Å². The molecule has 1 rings (SSSR count). The summed E-state index contributed by atoms with van der Waals surface area (Å²) in [4.78, 5) is 26.2. The number of aromatic nitrogens is 1. The van der Waals surface area contributed by atoms with Crippen LogP contribution in [0, 0.1) is 0 Å². The first kappa shape index (κ1) is 15.9. The third kappa shape index (κ3) is 6.14. The molecule has 1 aromatic rings. The summed E-state index contributed by atoms with van der Waals surface area (Å²) in [5.41, 5.74) is 0.649. The number of unbranched alkanes of at least 4 members (excludes halogenated alkanes) is 1. The zero-order valence-corrected chi connectivity index (χ0v) is 11.4. The van der Waals surface area contributed by atoms with Crippen LogP contribution in [0.3, 0.4) is 0 Å². The number of pyridine rings is 1. The summed E-state index contributed by atoms with van der Waals surface area (Å²) in [5.74, 6) is -1.02. The topological polar surface area (TPSA) is 101 Å². The second-order valence-corrected chi connectivity index (χ2v) is 4.15. The molecule has 7 nitrogen and oxygen atoms in total. The fraction of sp³-hybridized carbons (Fsp3) is 0.462. The van der Waals surface area contributed by atoms with Crippen LogP contribution >= 0.6 is 0 Å². The fourth-order valence-electron chi connectivity index (χ4n) is 1.51. The number of carboxylic acid groups (broad SMARTS) is 1. The maximum atomic E-state index is 11.5. The van der Waals surface area contributed by atoms with Crippen molar-refractivity contribution >= 4 is 12.0 Å². The molecule has 3 N–H and O–H groups in total. The van der Waals surface area contributed by atoms with Crippen LogP contribution in [-0.2, 0) is 11.3 Å². The van der Waals surface area contributed by atoms with Crippen molar-refractivity contribution in [2.75, 3.05) is 20.3 Å². The maximum Gasteiger partial charge on any atom is 0.335 e. The van der Waals surface area contributed by atoms with Gasteiger partial charge < -0.3 is 20.5 Å². The van der Waals surface area contributed by atoms with E-state index in [1.54, 1.807) is 7.11 Å². The van der Waals surface area contributed by atoms with E-state index in [0.717, 1.165) is 12.8 Å². The lowest BCUT2D eigenvalue weighted by molar-refractivity contribution is 0.0696. The highest BCUT2D eigenvalue weighted by Crippen LogP contribution is 2.01. The van der Waals surface area contributed by atoms with Crippen LogP contribution in [0.2, 0.25) is 0 Å². The Hall–Kier alpha value is -2.15. The van der Waals surface area contributed by atoms with Crippen molar-refractivity contribution in [1.29, 1.82) is 0 Å². The minimum atomic E-state index is -1.02. The van der Waals surface area contributed by atoms with E-state index in [9.17, 15) is 9.59 Å². The third-order valence-electron chi connectivity index (χ3n) is 2.55. The maximum absolute atomic E-state index is 11.5. The molecule has 1 aromatic heterocycles. The van der Waals surface area contributed by atoms with E-state index in [1.165, 1.54) is 18.3 Å². The molecule has 0 radical (unpaired) electrons. The molecular weight excluding hydrogens is 262 g/mol. The van der Waals surface area contributed by atoms with Crippen LogP contribution < -0.4 is 10.6 Å². The number of urea groups is 1. The molecule has 0 spiro atoms. The van der Waals surface area contributed by atoms with Gasteiger partial charge in [0.05, 0.1) is 17.8 Å². The Balaban J connectivity index is 2.27. The average Bonchev–Trinajstić information content (AvgIpc) is 2.45. The van der Waals surface area contributed by atoms with Crippen LogP contribution in [0.25, 0.3) is 0 Å². The SMILES string of the molecule is COCCCCNC(=O)NCc1cc(C(=O)O)ccn1. The molecule has 0 bridgehead atoms. The molecule has 0 atom stereocenters. The van der Waals surface area contributed by atoms with Gasteiger partial charge in [-0.1, -0.05) is 0 Å². The number of nitrogens with one attached hydrogen (secondary N) is 2. The lowest BCUT2D eigenvalue weighted by atomic mass is 10.2. The van der Waals surface area contributed by atoms with Crippen molar-refractivity contribution in [2.24, 2.45) is 0 Å². The van der Waals surface area contributed by atoms with E-state index in [0.29, 0.717) is 18.8 Å². The van der Waals surface area contributed by atoms with Crippen LogP contribution in [-0.4, -0.2) is 42.4 Å². The second-order valence-electron chi connectivity index (χ2n) is 4.15. The highest BCUT2D eigenvalue weighted by Gasteiger charge is 2.05. The number of methoxy groups -OCH3 is 1. The summed E-state index contributed by atoms with van der Waals surface area (Å²) in [6.07, 6.45) is 3.14. The van der Waals surface area contributed by atoms with Gasteiger partial charge in [0.25, 0.3) is 0 Å². The number of rotatable bonds is 8. The molecule has 0 saturated carbocycles. The first-order chi connectivity index (χ1) is 9.63. The van der Waals surface area contributed by atoms with Crippen LogP contribution in [0.5, 0.6) is 0 Å². The molecule has 7 heteroatoms. The Bertz CT molecular complexity index is 451. The monoisotopic (exact) mass is 281 g/mol. The van der Waals surface area contributed by atoms with Gasteiger partial charge in [-0.3, -0.25) is 4.98 Å². The van der Waals surface area contributed by atoms with E-state index in [4.69, 9.17) is 9.84 Å². The number of hydrogen-bond acceptors (Lipinski definition) is 4. The molecule has 0 aliphatic heterocycles. The molecule has 110 valence electrons. The summed E-state index contributed by atoms with van der Waals surface area (Å²) >= 11 is 0. The zero-order chi connectivity index (χ0) is 14.8. The minimum absolute atomic E-state index is 0.150. The zero-order valence-electron chi connectivity index (χ0n) is 11.4. The standard InChI is InChI=1S/C13H19N3O4/c1-20-7-3-2-5-15-13(19)16-9-11-8-10(12(17)18)4-6-14-11/h4,6,8H,2-3,5,7,9H2,1H3,(H,17,18)(H2,15,16,19). The first-order valence-corrected chi connectivity index (χ1v) is 6.32. The molecule has 0 unspecified atom stereocenters. The smallest absolute Gasteiger partial charge is 0.335 e. The van der Waals surface area contributed by atoms with Crippen molar-refractivity contribution in [1.82, 2.24) is 15.6 Å². The quantitative estimate of drug-likeness (QED) is 0.617. The predicted molar refractivity (Wildman–Crippen MR) is 72.5 cm³/mol. The van der Waals surface area contributed by atoms with Gasteiger partial charge in [-0.15, -0.1) is 0 Å². The number of aromatic carboxylic acids is 1. The van der Waals surface area contributed by atoms with Crippen LogP contribution in [0.4, 0.5) is 4.79 Å². The van der Waals surface area contributed by atoms with Gasteiger partial charge in [0.15, 0.2) is 0 Å². The van der Waals surface area contributed by atoms with Crippen molar-refractivity contribution < 1.29 is 19.4 Å². The minimum Gasteiger partial charge on any atom is -0.478 e. The highest BCUT2D eigenvalue weighted by molar-refractivity contribution is 5.87. The van der Waals surface area contributed by atoms with E-state index < -0.39 is 5.97 Å². The Kier molecular flexibility index (Phi) is 7.05. The molecule has 0 saturated heterocycles. The normalized spacial score (nSPS) is 10.1. The number of carbonyl (C=O) groups is 2. The van der Waals surface area contributed by atoms with Crippen molar-refractivity contribution in [2.45, 2.75) is 19.4 Å². The number of amides is 2. The van der Waals surface area contributed by atoms with Crippen LogP contribution in [0.1, 0.15) is 28.9 Å². The molecule has 0 aliphatic rings. The number of hydrogen-bond donors (Lipinski definition) is 3. The Morgan fingerprint density at radius 3 is 2.85 bits per heavy atom. The number of carboxylic acids is 1. The van der Waals surface area contributed by atoms with Gasteiger partial charge in [-0.2, -0.15) is 0 Å². The van der Waals surface area contributed by atoms with E-state index in [1.807, 2.05) is 0 Å². The summed E-state index contributed by atoms with van der Waals surface area (Å²) in [7, 11) is 1.64. The van der Waals surface area contributed by atoms with E-state index in [2.05, 4.69) is 15.6 Å². The lowest BCUT2D eigenvalue weighted by Gasteiger charge is -2.07. The molecule has 0 aromatic carbocycles. The Morgan fingerprint density at radius 2 is 2.15 bits per heavy atom. The molecule has 0 aliphatic carbocycles. The largest absolute Gasteiger partial charge is 0.478 e. The number of nitrogens with zero attached hydrogens (tertiary/aromatic N) is 1. The predicted octanol–water partition coefficient (Wildman–Crippen LogP) is 1.01. The number of ether oxygens (including phenoxy) is 1. The Labute approximate surface area is 117 Å². The van der Waals surface area contributed by atoms with Gasteiger partial charge in [-0.25, -0.2) is 9.59 Å². The van der Waals surface area contributed by atoms with Gasteiger partial charge >= 0.3 is 12.0 Å². The number of carbonyl (C=O) groups excluding carboxylic acids is 1. The highest BCUT2D eigenvalue weighted by atomic mass is 16.5. The average molecular weight is 281 g/mol. The summed E-state index contributed by atoms with van der Waals surface area (Å²) in [5, 5.41) is 14.2. The van der Waals surface area contributed by atoms with Gasteiger partial charge in [0, 0.05) is 26.5 Å². The fourth-order valence-corrected chi connectivity index (χ4v) is 1.51. The summed E-state index contributed by atoms with van der Waals surface area (Å²) < 4.78 is 4.90. The molecule has 1 heterocycles. The van der Waals surface area contributed by atoms with Gasteiger partial charge in [-0.05, 0) is 25.0 Å². The second kappa shape index (κ2) is 8.87. The lowest BCUT2D eigenvalue weighted by Crippen LogP contribution is -2.35. The van der Waals surface area contributed by atoms with Crippen LogP contribution in [0.15, 0.2) is 18.3 Å². The van der Waals surface area contributed by atoms with Gasteiger partial charge in [0.2, 0.25) is 0 Å². The molecule has 2 amide bonds. The van der Waals surface area contributed by atoms with Crippen molar-refractivity contribution in [3.8, 4) is 0 Å². The van der Waals surface area contributed by atoms with E-state index in [-0.39, 0.29) is 18.1 Å². The third-order valence-corrected chi connectivity index (χ3v) is 2.55. The summed E-state index contributed by atoms with van der Waals surface area (Å²) in [6, 6.07) is 2.54. The molecular formula is C13H19N3O4. The van der Waals surface area contributed by atoms with Gasteiger partial charge in [0.1, 0.15) is 0 Å². The summed E-state index contributed by atoms with van der Waals surface area (Å²) in [6.45, 7) is 1.43. The first-order valence-electron chi connectivity index (χ1n) is 6.32. The van der Waals surface area contributed by atoms with Crippen molar-refractivity contribution in [3.05, 3.63) is 29.6 Å².